The van der Waals surface area contributed by atoms with Crippen molar-refractivity contribution < 1.29 is 38.6 Å². The Balaban J connectivity index is 1.51. The van der Waals surface area contributed by atoms with Crippen LogP contribution >= 0.6 is 0 Å². The van der Waals surface area contributed by atoms with Crippen molar-refractivity contribution in [3.8, 4) is 0 Å². The summed E-state index contributed by atoms with van der Waals surface area (Å²) in [6.07, 6.45) is 3.19. The van der Waals surface area contributed by atoms with Crippen LogP contribution in [0.25, 0.3) is 0 Å². The molecular formula is C28H37N3O8. The van der Waals surface area contributed by atoms with E-state index in [4.69, 9.17) is 9.47 Å². The zero-order chi connectivity index (χ0) is 28.0. The lowest BCUT2D eigenvalue weighted by atomic mass is 9.75. The molecule has 3 aliphatic rings. The van der Waals surface area contributed by atoms with Crippen LogP contribution in [0.15, 0.2) is 24.3 Å². The molecule has 3 amide bonds. The fourth-order valence-electron chi connectivity index (χ4n) is 5.96. The summed E-state index contributed by atoms with van der Waals surface area (Å²) in [5.41, 5.74) is 0.503. The van der Waals surface area contributed by atoms with Crippen molar-refractivity contribution in [3.05, 3.63) is 29.8 Å². The van der Waals surface area contributed by atoms with E-state index >= 15 is 0 Å². The van der Waals surface area contributed by atoms with E-state index in [1.807, 2.05) is 12.1 Å². The first kappa shape index (κ1) is 28.5. The third-order valence-electron chi connectivity index (χ3n) is 8.18. The van der Waals surface area contributed by atoms with Crippen LogP contribution in [0.3, 0.4) is 0 Å². The molecule has 0 spiro atoms. The number of morpholine rings is 1. The maximum Gasteiger partial charge on any atom is 0.325 e. The van der Waals surface area contributed by atoms with Crippen LogP contribution in [0.5, 0.6) is 0 Å². The van der Waals surface area contributed by atoms with Crippen LogP contribution in [-0.2, 0) is 39.9 Å². The Kier molecular flexibility index (Phi) is 9.21. The fourth-order valence-corrected chi connectivity index (χ4v) is 5.96. The largest absolute Gasteiger partial charge is 0.481 e. The zero-order valence-electron chi connectivity index (χ0n) is 22.4. The first-order valence-corrected chi connectivity index (χ1v) is 13.6. The van der Waals surface area contributed by atoms with Crippen LogP contribution in [-0.4, -0.2) is 85.7 Å². The van der Waals surface area contributed by atoms with Crippen LogP contribution < -0.4 is 10.2 Å². The normalized spacial score (nSPS) is 21.5. The highest BCUT2D eigenvalue weighted by Crippen LogP contribution is 2.44. The second-order valence-electron chi connectivity index (χ2n) is 10.6. The van der Waals surface area contributed by atoms with Gasteiger partial charge in [0, 0.05) is 25.2 Å². The quantitative estimate of drug-likeness (QED) is 0.447. The lowest BCUT2D eigenvalue weighted by Gasteiger charge is -2.33. The van der Waals surface area contributed by atoms with Gasteiger partial charge in [-0.3, -0.25) is 28.9 Å². The predicted octanol–water partition coefficient (Wildman–Crippen LogP) is 1.52. The van der Waals surface area contributed by atoms with Gasteiger partial charge in [-0.2, -0.15) is 0 Å². The summed E-state index contributed by atoms with van der Waals surface area (Å²) in [6, 6.07) is 6.41. The van der Waals surface area contributed by atoms with E-state index in [0.717, 1.165) is 18.4 Å². The van der Waals surface area contributed by atoms with Crippen molar-refractivity contribution >= 4 is 35.3 Å². The molecule has 2 fully saturated rings. The first-order valence-electron chi connectivity index (χ1n) is 13.6. The molecule has 1 aromatic carbocycles. The van der Waals surface area contributed by atoms with Crippen molar-refractivity contribution in [1.29, 1.82) is 0 Å². The lowest BCUT2D eigenvalue weighted by Crippen LogP contribution is -2.53. The minimum Gasteiger partial charge on any atom is -0.481 e. The van der Waals surface area contributed by atoms with E-state index in [-0.39, 0.29) is 31.2 Å². The number of hydrogen-bond donors (Lipinski definition) is 2. The Hall–Kier alpha value is -3.47. The number of amides is 3. The second kappa shape index (κ2) is 12.6. The predicted molar refractivity (Wildman–Crippen MR) is 140 cm³/mol. The van der Waals surface area contributed by atoms with Gasteiger partial charge in [0.15, 0.2) is 0 Å². The lowest BCUT2D eigenvalue weighted by molar-refractivity contribution is -0.150. The molecule has 2 aliphatic heterocycles. The maximum atomic E-state index is 13.8. The van der Waals surface area contributed by atoms with E-state index in [1.54, 1.807) is 17.0 Å². The summed E-state index contributed by atoms with van der Waals surface area (Å²) < 4.78 is 10.1. The molecule has 1 aromatic rings. The molecule has 11 nitrogen and oxygen atoms in total. The highest BCUT2D eigenvalue weighted by Gasteiger charge is 2.46. The van der Waals surface area contributed by atoms with Crippen LogP contribution in [0.1, 0.15) is 50.5 Å². The number of nitrogens with zero attached hydrogens (tertiary/aromatic N) is 2. The van der Waals surface area contributed by atoms with Gasteiger partial charge < -0.3 is 24.8 Å². The van der Waals surface area contributed by atoms with E-state index < -0.39 is 35.2 Å². The molecule has 0 aromatic heterocycles. The number of esters is 1. The number of fused-ring (bicyclic) bond motifs is 1. The Morgan fingerprint density at radius 3 is 2.51 bits per heavy atom. The van der Waals surface area contributed by atoms with Crippen LogP contribution in [0.2, 0.25) is 0 Å². The number of methoxy groups -OCH3 is 1. The Morgan fingerprint density at radius 1 is 1.15 bits per heavy atom. The minimum absolute atomic E-state index is 0.0251. The molecule has 1 aliphatic carbocycles. The molecule has 1 saturated carbocycles. The number of carboxylic acids is 1. The van der Waals surface area contributed by atoms with Gasteiger partial charge in [-0.1, -0.05) is 31.0 Å². The summed E-state index contributed by atoms with van der Waals surface area (Å²) >= 11 is 0. The number of ether oxygens (including phenoxy) is 2. The number of carbonyl (C=O) groups is 5. The van der Waals surface area contributed by atoms with Crippen molar-refractivity contribution in [2.45, 2.75) is 57.4 Å². The minimum atomic E-state index is -1.11. The SMILES string of the molecule is COC(=O)CN1C(=O)C(NC(=O)C2(CC(CC(=O)N3CCOCC3)C(=O)O)CCCC2)CCc2ccccc21. The molecular weight excluding hydrogens is 506 g/mol. The highest BCUT2D eigenvalue weighted by atomic mass is 16.5. The number of carbonyl (C=O) groups excluding carboxylic acids is 4. The molecule has 0 radical (unpaired) electrons. The molecule has 2 heterocycles. The Morgan fingerprint density at radius 2 is 1.85 bits per heavy atom. The van der Waals surface area contributed by atoms with Crippen LogP contribution in [0.4, 0.5) is 5.69 Å². The summed E-state index contributed by atoms with van der Waals surface area (Å²) in [6.45, 7) is 1.40. The van der Waals surface area contributed by atoms with Gasteiger partial charge in [0.1, 0.15) is 12.6 Å². The van der Waals surface area contributed by atoms with E-state index in [1.165, 1.54) is 12.0 Å². The molecule has 4 rings (SSSR count). The average Bonchev–Trinajstić information content (AvgIpc) is 3.39. The van der Waals surface area contributed by atoms with Gasteiger partial charge in [0.2, 0.25) is 17.7 Å². The maximum absolute atomic E-state index is 13.8. The summed E-state index contributed by atoms with van der Waals surface area (Å²) in [7, 11) is 1.25. The summed E-state index contributed by atoms with van der Waals surface area (Å²) in [5.74, 6) is -3.74. The summed E-state index contributed by atoms with van der Waals surface area (Å²) in [5, 5.41) is 12.9. The number of rotatable bonds is 9. The third-order valence-corrected chi connectivity index (χ3v) is 8.18. The van der Waals surface area contributed by atoms with Gasteiger partial charge in [0.05, 0.1) is 31.7 Å². The van der Waals surface area contributed by atoms with Crippen molar-refractivity contribution in [2.24, 2.45) is 11.3 Å². The zero-order valence-corrected chi connectivity index (χ0v) is 22.4. The number of benzene rings is 1. The number of anilines is 1. The van der Waals surface area contributed by atoms with Crippen molar-refractivity contribution in [3.63, 3.8) is 0 Å². The molecule has 2 N–H and O–H groups in total. The smallest absolute Gasteiger partial charge is 0.325 e. The van der Waals surface area contributed by atoms with E-state index in [9.17, 15) is 29.1 Å². The van der Waals surface area contributed by atoms with Gasteiger partial charge >= 0.3 is 11.9 Å². The molecule has 11 heteroatoms. The van der Waals surface area contributed by atoms with Gasteiger partial charge in [-0.25, -0.2) is 0 Å². The number of para-hydroxylation sites is 1. The van der Waals surface area contributed by atoms with E-state index in [2.05, 4.69) is 5.32 Å². The van der Waals surface area contributed by atoms with E-state index in [0.29, 0.717) is 57.7 Å². The molecule has 0 bridgehead atoms. The van der Waals surface area contributed by atoms with Crippen molar-refractivity contribution in [1.82, 2.24) is 10.2 Å². The Labute approximate surface area is 227 Å². The molecule has 212 valence electrons. The number of carboxylic acid groups (broad SMARTS) is 1. The standard InChI is InChI=1S/C28H37N3O8/c1-38-24(33)18-31-22-7-3-2-6-19(22)8-9-21(25(31)34)29-27(37)28(10-4-5-11-28)17-20(26(35)36)16-23(32)30-12-14-39-15-13-30/h2-3,6-7,20-21H,4-5,8-18H2,1H3,(H,29,37)(H,35,36). The molecule has 2 unspecified atom stereocenters. The Bertz CT molecular complexity index is 1090. The second-order valence-corrected chi connectivity index (χ2v) is 10.6. The fraction of sp³-hybridized carbons (Fsp3) is 0.607. The van der Waals surface area contributed by atoms with Crippen LogP contribution in [0, 0.1) is 11.3 Å². The number of aryl methyl sites for hydroxylation is 1. The third kappa shape index (κ3) is 6.58. The number of hydrogen-bond acceptors (Lipinski definition) is 7. The molecule has 2 atom stereocenters. The van der Waals surface area contributed by atoms with Crippen molar-refractivity contribution in [2.75, 3.05) is 44.9 Å². The van der Waals surface area contributed by atoms with Gasteiger partial charge in [-0.15, -0.1) is 0 Å². The van der Waals surface area contributed by atoms with Gasteiger partial charge in [-0.05, 0) is 43.7 Å². The first-order chi connectivity index (χ1) is 18.7. The summed E-state index contributed by atoms with van der Waals surface area (Å²) in [4.78, 5) is 67.6. The molecule has 39 heavy (non-hydrogen) atoms. The highest BCUT2D eigenvalue weighted by molar-refractivity contribution is 6.03. The number of aliphatic carboxylic acids is 1. The monoisotopic (exact) mass is 543 g/mol. The average molecular weight is 544 g/mol. The van der Waals surface area contributed by atoms with Gasteiger partial charge in [0.25, 0.3) is 0 Å². The number of nitrogens with one attached hydrogen (secondary N) is 1. The topological polar surface area (TPSA) is 143 Å². The molecule has 1 saturated heterocycles.